The van der Waals surface area contributed by atoms with Gasteiger partial charge in [0.05, 0.1) is 12.6 Å². The Bertz CT molecular complexity index is 310. The molecule has 3 rings (SSSR count). The monoisotopic (exact) mass is 221 g/mol. The quantitative estimate of drug-likeness (QED) is 0.772. The molecule has 3 nitrogen and oxygen atoms in total. The number of fused-ring (bicyclic) bond motifs is 1. The van der Waals surface area contributed by atoms with Crippen LogP contribution in [0, 0.1) is 5.92 Å². The van der Waals surface area contributed by atoms with E-state index in [4.69, 9.17) is 4.74 Å². The van der Waals surface area contributed by atoms with Crippen molar-refractivity contribution in [3.63, 3.8) is 0 Å². The molecule has 3 atom stereocenters. The van der Waals surface area contributed by atoms with Gasteiger partial charge in [0.25, 0.3) is 0 Å². The summed E-state index contributed by atoms with van der Waals surface area (Å²) in [6.07, 6.45) is 9.03. The summed E-state index contributed by atoms with van der Waals surface area (Å²) >= 11 is 0. The molecule has 3 heteroatoms. The molecule has 0 amide bonds. The number of hydrogen-bond acceptors (Lipinski definition) is 3. The molecule has 2 aliphatic heterocycles. The first-order valence-corrected chi connectivity index (χ1v) is 6.48. The first-order valence-electron chi connectivity index (χ1n) is 6.48. The zero-order valence-corrected chi connectivity index (χ0v) is 9.58. The molecule has 1 N–H and O–H groups in total. The fraction of sp³-hybridized carbons (Fsp3) is 0.769. The van der Waals surface area contributed by atoms with Gasteiger partial charge in [-0.15, -0.1) is 0 Å². The van der Waals surface area contributed by atoms with E-state index in [9.17, 15) is 4.79 Å². The van der Waals surface area contributed by atoms with Crippen LogP contribution in [-0.4, -0.2) is 24.5 Å². The normalized spacial score (nSPS) is 37.8. The molecule has 2 heterocycles. The van der Waals surface area contributed by atoms with Gasteiger partial charge in [-0.05, 0) is 31.3 Å². The Labute approximate surface area is 96.2 Å². The van der Waals surface area contributed by atoms with Gasteiger partial charge in [-0.25, -0.2) is 0 Å². The molecule has 0 aromatic carbocycles. The van der Waals surface area contributed by atoms with E-state index in [1.54, 1.807) is 0 Å². The number of ether oxygens (including phenoxy) is 1. The van der Waals surface area contributed by atoms with Crippen LogP contribution in [0.5, 0.6) is 0 Å². The maximum atomic E-state index is 12.1. The molecule has 88 valence electrons. The van der Waals surface area contributed by atoms with Crippen LogP contribution in [0.4, 0.5) is 0 Å². The Morgan fingerprint density at radius 3 is 3.00 bits per heavy atom. The molecule has 2 fully saturated rings. The third-order valence-electron chi connectivity index (χ3n) is 4.13. The molecule has 16 heavy (non-hydrogen) atoms. The number of Topliss-reactive ketones (excluding diaryl/α,β-unsaturated/α-hetero) is 1. The lowest BCUT2D eigenvalue weighted by Gasteiger charge is -2.24. The van der Waals surface area contributed by atoms with Crippen molar-refractivity contribution in [2.75, 3.05) is 6.61 Å². The molecule has 3 unspecified atom stereocenters. The van der Waals surface area contributed by atoms with Gasteiger partial charge in [0.15, 0.2) is 5.76 Å². The summed E-state index contributed by atoms with van der Waals surface area (Å²) in [5, 5.41) is 3.50. The molecule has 0 spiro atoms. The highest BCUT2D eigenvalue weighted by Gasteiger charge is 2.39. The summed E-state index contributed by atoms with van der Waals surface area (Å²) in [5.74, 6) is 1.52. The Kier molecular flexibility index (Phi) is 2.72. The number of ketones is 1. The molecule has 0 aromatic rings. The van der Waals surface area contributed by atoms with E-state index in [1.165, 1.54) is 25.7 Å². The first kappa shape index (κ1) is 10.3. The molecular formula is C13H19NO2. The number of rotatable bonds is 2. The lowest BCUT2D eigenvalue weighted by atomic mass is 9.85. The molecule has 1 saturated heterocycles. The van der Waals surface area contributed by atoms with Crippen molar-refractivity contribution in [3.05, 3.63) is 11.8 Å². The summed E-state index contributed by atoms with van der Waals surface area (Å²) in [6.45, 7) is 0.681. The van der Waals surface area contributed by atoms with Crippen LogP contribution >= 0.6 is 0 Å². The minimum atomic E-state index is 0.0254. The Morgan fingerprint density at radius 2 is 2.25 bits per heavy atom. The Morgan fingerprint density at radius 1 is 1.38 bits per heavy atom. The van der Waals surface area contributed by atoms with Crippen molar-refractivity contribution < 1.29 is 9.53 Å². The number of carbonyl (C=O) groups excluding carboxylic acids is 1. The summed E-state index contributed by atoms with van der Waals surface area (Å²) < 4.78 is 5.35. The number of carbonyl (C=O) groups is 1. The Hall–Kier alpha value is -0.830. The van der Waals surface area contributed by atoms with Crippen LogP contribution in [0.25, 0.3) is 0 Å². The second-order valence-electron chi connectivity index (χ2n) is 5.18. The van der Waals surface area contributed by atoms with Crippen molar-refractivity contribution in [2.45, 2.75) is 50.6 Å². The zero-order chi connectivity index (χ0) is 11.0. The predicted octanol–water partition coefficient (Wildman–Crippen LogP) is 1.78. The van der Waals surface area contributed by atoms with Crippen molar-refractivity contribution >= 4 is 5.78 Å². The topological polar surface area (TPSA) is 38.3 Å². The van der Waals surface area contributed by atoms with Gasteiger partial charge in [-0.3, -0.25) is 4.79 Å². The minimum Gasteiger partial charge on any atom is -0.490 e. The Balaban J connectivity index is 1.66. The van der Waals surface area contributed by atoms with Crippen LogP contribution in [-0.2, 0) is 9.53 Å². The molecule has 0 aromatic heterocycles. The van der Waals surface area contributed by atoms with Crippen LogP contribution in [0.3, 0.4) is 0 Å². The highest BCUT2D eigenvalue weighted by Crippen LogP contribution is 2.34. The standard InChI is InChI=1S/C13H19NO2/c15-13(12-6-3-7-16-12)11-8-9-4-1-2-5-10(9)14-11/h6,9-11,14H,1-5,7-8H2. The molecule has 0 bridgehead atoms. The van der Waals surface area contributed by atoms with Crippen molar-refractivity contribution in [2.24, 2.45) is 5.92 Å². The van der Waals surface area contributed by atoms with Gasteiger partial charge < -0.3 is 10.1 Å². The summed E-state index contributed by atoms with van der Waals surface area (Å²) in [7, 11) is 0. The third-order valence-corrected chi connectivity index (χ3v) is 4.13. The summed E-state index contributed by atoms with van der Waals surface area (Å²) in [4.78, 5) is 12.1. The van der Waals surface area contributed by atoms with E-state index in [2.05, 4.69) is 5.32 Å². The summed E-state index contributed by atoms with van der Waals surface area (Å²) in [5.41, 5.74) is 0. The van der Waals surface area contributed by atoms with Gasteiger partial charge >= 0.3 is 0 Å². The SMILES string of the molecule is O=C(C1=CCCO1)C1CC2CCCCC2N1. The highest BCUT2D eigenvalue weighted by molar-refractivity contribution is 5.98. The van der Waals surface area contributed by atoms with Crippen LogP contribution in [0.2, 0.25) is 0 Å². The van der Waals surface area contributed by atoms with Gasteiger partial charge in [-0.1, -0.05) is 12.8 Å². The average molecular weight is 221 g/mol. The van der Waals surface area contributed by atoms with Crippen LogP contribution in [0.15, 0.2) is 11.8 Å². The van der Waals surface area contributed by atoms with Crippen molar-refractivity contribution in [3.8, 4) is 0 Å². The average Bonchev–Trinajstić information content (AvgIpc) is 2.97. The fourth-order valence-electron chi connectivity index (χ4n) is 3.28. The largest absolute Gasteiger partial charge is 0.490 e. The first-order chi connectivity index (χ1) is 7.84. The third kappa shape index (κ3) is 1.77. The van der Waals surface area contributed by atoms with E-state index in [-0.39, 0.29) is 11.8 Å². The zero-order valence-electron chi connectivity index (χ0n) is 9.58. The number of hydrogen-bond donors (Lipinski definition) is 1. The van der Waals surface area contributed by atoms with E-state index < -0.39 is 0 Å². The van der Waals surface area contributed by atoms with E-state index in [0.29, 0.717) is 18.4 Å². The van der Waals surface area contributed by atoms with Crippen molar-refractivity contribution in [1.29, 1.82) is 0 Å². The van der Waals surface area contributed by atoms with E-state index in [0.717, 1.165) is 18.8 Å². The van der Waals surface area contributed by atoms with Crippen molar-refractivity contribution in [1.82, 2.24) is 5.32 Å². The lowest BCUT2D eigenvalue weighted by molar-refractivity contribution is -0.120. The molecular weight excluding hydrogens is 202 g/mol. The fourth-order valence-corrected chi connectivity index (χ4v) is 3.28. The van der Waals surface area contributed by atoms with Gasteiger partial charge in [-0.2, -0.15) is 0 Å². The van der Waals surface area contributed by atoms with Gasteiger partial charge in [0, 0.05) is 12.5 Å². The highest BCUT2D eigenvalue weighted by atomic mass is 16.5. The van der Waals surface area contributed by atoms with E-state index in [1.807, 2.05) is 6.08 Å². The van der Waals surface area contributed by atoms with Gasteiger partial charge in [0.2, 0.25) is 5.78 Å². The molecule has 1 aliphatic carbocycles. The molecule has 3 aliphatic rings. The second-order valence-corrected chi connectivity index (χ2v) is 5.18. The maximum Gasteiger partial charge on any atom is 0.213 e. The minimum absolute atomic E-state index is 0.0254. The number of nitrogens with one attached hydrogen (secondary N) is 1. The smallest absolute Gasteiger partial charge is 0.213 e. The van der Waals surface area contributed by atoms with E-state index >= 15 is 0 Å². The maximum absolute atomic E-state index is 12.1. The molecule has 1 saturated carbocycles. The van der Waals surface area contributed by atoms with Crippen LogP contribution in [0.1, 0.15) is 38.5 Å². The van der Waals surface area contributed by atoms with Gasteiger partial charge in [0.1, 0.15) is 0 Å². The molecule has 0 radical (unpaired) electrons. The lowest BCUT2D eigenvalue weighted by Crippen LogP contribution is -2.37. The second kappa shape index (κ2) is 4.21. The van der Waals surface area contributed by atoms with Crippen LogP contribution < -0.4 is 5.32 Å². The summed E-state index contributed by atoms with van der Waals surface area (Å²) in [6, 6.07) is 0.613. The predicted molar refractivity (Wildman–Crippen MR) is 60.9 cm³/mol.